The highest BCUT2D eigenvalue weighted by molar-refractivity contribution is 7.17. The number of hydrogen-bond donors (Lipinski definition) is 1. The van der Waals surface area contributed by atoms with Gasteiger partial charge in [-0.2, -0.15) is 0 Å². The molecule has 20 heavy (non-hydrogen) atoms. The molecule has 110 valence electrons. The van der Waals surface area contributed by atoms with Gasteiger partial charge in [-0.15, -0.1) is 11.3 Å². The first-order valence-corrected chi connectivity index (χ1v) is 8.52. The number of fused-ring (bicyclic) bond motifs is 1. The van der Waals surface area contributed by atoms with Crippen LogP contribution in [0, 0.1) is 0 Å². The number of nitrogens with one attached hydrogen (secondary N) is 1. The van der Waals surface area contributed by atoms with E-state index in [-0.39, 0.29) is 0 Å². The standard InChI is InChI=1S/C17H25NOS/c1-3-11-18-16(9-6-12-19-4-2)15-8-5-7-14-10-13-20-17(14)15/h5,7-8,10,13,16,18H,3-4,6,9,11-12H2,1-2H3. The van der Waals surface area contributed by atoms with E-state index in [1.807, 2.05) is 11.3 Å². The third-order valence-corrected chi connectivity index (χ3v) is 4.49. The molecule has 1 aromatic heterocycles. The first kappa shape index (κ1) is 15.5. The van der Waals surface area contributed by atoms with E-state index in [2.05, 4.69) is 48.8 Å². The number of rotatable bonds is 9. The first-order chi connectivity index (χ1) is 9.86. The van der Waals surface area contributed by atoms with Gasteiger partial charge in [-0.1, -0.05) is 25.1 Å². The normalized spacial score (nSPS) is 12.9. The number of hydrogen-bond acceptors (Lipinski definition) is 3. The average Bonchev–Trinajstić information content (AvgIpc) is 2.95. The maximum Gasteiger partial charge on any atom is 0.0466 e. The minimum atomic E-state index is 0.442. The van der Waals surface area contributed by atoms with E-state index in [4.69, 9.17) is 4.74 Å². The van der Waals surface area contributed by atoms with Crippen molar-refractivity contribution in [2.45, 2.75) is 39.2 Å². The van der Waals surface area contributed by atoms with Crippen LogP contribution in [0.1, 0.15) is 44.7 Å². The lowest BCUT2D eigenvalue weighted by Crippen LogP contribution is -2.22. The van der Waals surface area contributed by atoms with E-state index in [0.717, 1.165) is 32.6 Å². The van der Waals surface area contributed by atoms with Gasteiger partial charge in [-0.3, -0.25) is 0 Å². The summed E-state index contributed by atoms with van der Waals surface area (Å²) in [6, 6.07) is 9.30. The monoisotopic (exact) mass is 291 g/mol. The van der Waals surface area contributed by atoms with Crippen LogP contribution in [0.3, 0.4) is 0 Å². The van der Waals surface area contributed by atoms with E-state index in [9.17, 15) is 0 Å². The van der Waals surface area contributed by atoms with Gasteiger partial charge in [-0.25, -0.2) is 0 Å². The van der Waals surface area contributed by atoms with E-state index in [1.54, 1.807) is 0 Å². The van der Waals surface area contributed by atoms with Crippen LogP contribution in [0.2, 0.25) is 0 Å². The SMILES string of the molecule is CCCNC(CCCOCC)c1cccc2ccsc12. The van der Waals surface area contributed by atoms with Gasteiger partial charge in [0, 0.05) is 24.0 Å². The molecule has 0 bridgehead atoms. The summed E-state index contributed by atoms with van der Waals surface area (Å²) in [5.41, 5.74) is 1.45. The van der Waals surface area contributed by atoms with E-state index in [1.165, 1.54) is 22.1 Å². The maximum atomic E-state index is 5.47. The summed E-state index contributed by atoms with van der Waals surface area (Å²) >= 11 is 1.85. The fourth-order valence-electron chi connectivity index (χ4n) is 2.51. The molecule has 0 radical (unpaired) electrons. The molecule has 1 atom stereocenters. The molecule has 0 amide bonds. The lowest BCUT2D eigenvalue weighted by atomic mass is 10.0. The molecule has 1 aromatic carbocycles. The van der Waals surface area contributed by atoms with Crippen LogP contribution >= 0.6 is 11.3 Å². The molecule has 0 aliphatic rings. The Morgan fingerprint density at radius 1 is 1.25 bits per heavy atom. The Labute approximate surface area is 126 Å². The highest BCUT2D eigenvalue weighted by Gasteiger charge is 2.14. The predicted molar refractivity (Wildman–Crippen MR) is 88.6 cm³/mol. The van der Waals surface area contributed by atoms with Crippen molar-refractivity contribution in [3.05, 3.63) is 35.2 Å². The molecule has 1 unspecified atom stereocenters. The first-order valence-electron chi connectivity index (χ1n) is 7.64. The molecule has 2 rings (SSSR count). The van der Waals surface area contributed by atoms with Crippen molar-refractivity contribution in [1.82, 2.24) is 5.32 Å². The summed E-state index contributed by atoms with van der Waals surface area (Å²) in [5.74, 6) is 0. The van der Waals surface area contributed by atoms with Crippen LogP contribution in [0.25, 0.3) is 10.1 Å². The smallest absolute Gasteiger partial charge is 0.0466 e. The van der Waals surface area contributed by atoms with Gasteiger partial charge in [0.2, 0.25) is 0 Å². The molecule has 0 spiro atoms. The van der Waals surface area contributed by atoms with Gasteiger partial charge >= 0.3 is 0 Å². The van der Waals surface area contributed by atoms with Gasteiger partial charge in [0.05, 0.1) is 0 Å². The molecule has 3 heteroatoms. The van der Waals surface area contributed by atoms with Crippen molar-refractivity contribution in [1.29, 1.82) is 0 Å². The predicted octanol–water partition coefficient (Wildman–Crippen LogP) is 4.76. The minimum absolute atomic E-state index is 0.442. The van der Waals surface area contributed by atoms with Crippen LogP contribution in [0.15, 0.2) is 29.6 Å². The topological polar surface area (TPSA) is 21.3 Å². The summed E-state index contributed by atoms with van der Waals surface area (Å²) < 4.78 is 6.90. The third kappa shape index (κ3) is 4.05. The second kappa shape index (κ2) is 8.40. The number of ether oxygens (including phenoxy) is 1. The Balaban J connectivity index is 2.10. The molecule has 2 nitrogen and oxygen atoms in total. The molecule has 0 saturated heterocycles. The van der Waals surface area contributed by atoms with Crippen molar-refractivity contribution in [3.63, 3.8) is 0 Å². The zero-order chi connectivity index (χ0) is 14.2. The fraction of sp³-hybridized carbons (Fsp3) is 0.529. The van der Waals surface area contributed by atoms with Crippen LogP contribution in [0.5, 0.6) is 0 Å². The average molecular weight is 291 g/mol. The second-order valence-corrected chi connectivity index (χ2v) is 5.95. The molecule has 0 aliphatic carbocycles. The molecular weight excluding hydrogens is 266 g/mol. The Kier molecular flexibility index (Phi) is 6.51. The third-order valence-electron chi connectivity index (χ3n) is 3.51. The maximum absolute atomic E-state index is 5.47. The zero-order valence-corrected chi connectivity index (χ0v) is 13.3. The molecule has 1 N–H and O–H groups in total. The molecule has 0 saturated carbocycles. The summed E-state index contributed by atoms with van der Waals surface area (Å²) in [5, 5.41) is 7.24. The molecule has 1 heterocycles. The van der Waals surface area contributed by atoms with Crippen molar-refractivity contribution in [3.8, 4) is 0 Å². The van der Waals surface area contributed by atoms with Gasteiger partial charge in [0.1, 0.15) is 0 Å². The second-order valence-electron chi connectivity index (χ2n) is 5.03. The highest BCUT2D eigenvalue weighted by Crippen LogP contribution is 2.31. The van der Waals surface area contributed by atoms with Gasteiger partial charge in [0.15, 0.2) is 0 Å². The van der Waals surface area contributed by atoms with Crippen molar-refractivity contribution in [2.24, 2.45) is 0 Å². The highest BCUT2D eigenvalue weighted by atomic mass is 32.1. The molecule has 2 aromatic rings. The van der Waals surface area contributed by atoms with E-state index in [0.29, 0.717) is 6.04 Å². The lowest BCUT2D eigenvalue weighted by molar-refractivity contribution is 0.141. The van der Waals surface area contributed by atoms with Crippen LogP contribution in [0.4, 0.5) is 0 Å². The molecular formula is C17H25NOS. The summed E-state index contributed by atoms with van der Waals surface area (Å²) in [6.07, 6.45) is 3.41. The Hall–Kier alpha value is -0.900. The number of thiophene rings is 1. The van der Waals surface area contributed by atoms with Gasteiger partial charge < -0.3 is 10.1 Å². The zero-order valence-electron chi connectivity index (χ0n) is 12.5. The van der Waals surface area contributed by atoms with Crippen LogP contribution < -0.4 is 5.32 Å². The summed E-state index contributed by atoms with van der Waals surface area (Å²) in [4.78, 5) is 0. The number of benzene rings is 1. The molecule has 0 fully saturated rings. The summed E-state index contributed by atoms with van der Waals surface area (Å²) in [6.45, 7) is 7.02. The van der Waals surface area contributed by atoms with Gasteiger partial charge in [-0.05, 0) is 55.1 Å². The largest absolute Gasteiger partial charge is 0.382 e. The Morgan fingerprint density at radius 2 is 2.15 bits per heavy atom. The Morgan fingerprint density at radius 3 is 2.95 bits per heavy atom. The van der Waals surface area contributed by atoms with Crippen molar-refractivity contribution < 1.29 is 4.74 Å². The van der Waals surface area contributed by atoms with E-state index < -0.39 is 0 Å². The minimum Gasteiger partial charge on any atom is -0.382 e. The quantitative estimate of drug-likeness (QED) is 0.673. The van der Waals surface area contributed by atoms with Crippen molar-refractivity contribution >= 4 is 21.4 Å². The van der Waals surface area contributed by atoms with Crippen LogP contribution in [-0.4, -0.2) is 19.8 Å². The summed E-state index contributed by atoms with van der Waals surface area (Å²) in [7, 11) is 0. The van der Waals surface area contributed by atoms with Crippen molar-refractivity contribution in [2.75, 3.05) is 19.8 Å². The lowest BCUT2D eigenvalue weighted by Gasteiger charge is -2.20. The Bertz CT molecular complexity index is 508. The van der Waals surface area contributed by atoms with E-state index >= 15 is 0 Å². The van der Waals surface area contributed by atoms with Gasteiger partial charge in [0.25, 0.3) is 0 Å². The fourth-order valence-corrected chi connectivity index (χ4v) is 3.48. The van der Waals surface area contributed by atoms with Crippen LogP contribution in [-0.2, 0) is 4.74 Å². The molecule has 0 aliphatic heterocycles.